The van der Waals surface area contributed by atoms with Crippen LogP contribution in [-0.4, -0.2) is 28.6 Å². The third-order valence-electron chi connectivity index (χ3n) is 4.76. The molecule has 0 atom stereocenters. The van der Waals surface area contributed by atoms with Gasteiger partial charge < -0.3 is 20.4 Å². The van der Waals surface area contributed by atoms with E-state index in [2.05, 4.69) is 20.6 Å². The second kappa shape index (κ2) is 9.13. The van der Waals surface area contributed by atoms with Crippen molar-refractivity contribution in [2.45, 2.75) is 13.3 Å². The van der Waals surface area contributed by atoms with Crippen LogP contribution in [0.5, 0.6) is 0 Å². The van der Waals surface area contributed by atoms with E-state index in [0.717, 1.165) is 27.7 Å². The molecule has 31 heavy (non-hydrogen) atoms. The molecule has 4 aromatic rings. The lowest BCUT2D eigenvalue weighted by Gasteiger charge is -2.10. The van der Waals surface area contributed by atoms with Crippen molar-refractivity contribution in [3.63, 3.8) is 0 Å². The summed E-state index contributed by atoms with van der Waals surface area (Å²) < 4.78 is 4.96. The first-order valence-corrected chi connectivity index (χ1v) is 9.97. The van der Waals surface area contributed by atoms with Crippen LogP contribution >= 0.6 is 0 Å². The summed E-state index contributed by atoms with van der Waals surface area (Å²) in [6.45, 7) is 2.13. The van der Waals surface area contributed by atoms with E-state index in [-0.39, 0.29) is 18.4 Å². The minimum atomic E-state index is -0.368. The average molecular weight is 414 g/mol. The van der Waals surface area contributed by atoms with Crippen LogP contribution < -0.4 is 10.6 Å². The first-order chi connectivity index (χ1) is 15.1. The van der Waals surface area contributed by atoms with E-state index in [1.165, 1.54) is 0 Å². The molecule has 2 aromatic carbocycles. The SMILES string of the molecule is CCOC(=O)Cc1ccc(NC(=O)Nc2c(-c3cccnc3)[nH]c3ccccc23)cc1. The number of anilines is 2. The van der Waals surface area contributed by atoms with E-state index in [0.29, 0.717) is 18.0 Å². The average Bonchev–Trinajstić information content (AvgIpc) is 3.14. The number of aromatic nitrogens is 2. The second-order valence-corrected chi connectivity index (χ2v) is 6.92. The minimum absolute atomic E-state index is 0.199. The molecule has 0 bridgehead atoms. The predicted octanol–water partition coefficient (Wildman–Crippen LogP) is 4.98. The minimum Gasteiger partial charge on any atom is -0.466 e. The zero-order valence-corrected chi connectivity index (χ0v) is 17.0. The van der Waals surface area contributed by atoms with E-state index in [4.69, 9.17) is 4.74 Å². The van der Waals surface area contributed by atoms with Crippen molar-refractivity contribution in [2.24, 2.45) is 0 Å². The molecule has 0 aliphatic heterocycles. The number of H-pyrrole nitrogens is 1. The van der Waals surface area contributed by atoms with Crippen LogP contribution in [0.25, 0.3) is 22.2 Å². The molecule has 0 spiro atoms. The molecule has 2 amide bonds. The molecule has 0 saturated carbocycles. The molecule has 7 heteroatoms. The van der Waals surface area contributed by atoms with Gasteiger partial charge in [0.15, 0.2) is 0 Å². The number of esters is 1. The molecule has 0 aliphatic carbocycles. The van der Waals surface area contributed by atoms with Crippen molar-refractivity contribution >= 4 is 34.3 Å². The Morgan fingerprint density at radius 3 is 2.55 bits per heavy atom. The largest absolute Gasteiger partial charge is 0.466 e. The lowest BCUT2D eigenvalue weighted by Crippen LogP contribution is -2.19. The maximum Gasteiger partial charge on any atom is 0.323 e. The number of nitrogens with zero attached hydrogens (tertiary/aromatic N) is 1. The molecular formula is C24H22N4O3. The van der Waals surface area contributed by atoms with E-state index in [1.54, 1.807) is 43.6 Å². The molecule has 0 saturated heterocycles. The van der Waals surface area contributed by atoms with Crippen molar-refractivity contribution in [1.82, 2.24) is 9.97 Å². The van der Waals surface area contributed by atoms with Gasteiger partial charge >= 0.3 is 12.0 Å². The molecule has 0 radical (unpaired) electrons. The molecule has 7 nitrogen and oxygen atoms in total. The highest BCUT2D eigenvalue weighted by atomic mass is 16.5. The van der Waals surface area contributed by atoms with E-state index in [9.17, 15) is 9.59 Å². The van der Waals surface area contributed by atoms with Crippen LogP contribution in [0.4, 0.5) is 16.2 Å². The number of fused-ring (bicyclic) bond motifs is 1. The van der Waals surface area contributed by atoms with Gasteiger partial charge in [0.2, 0.25) is 0 Å². The quantitative estimate of drug-likeness (QED) is 0.388. The molecule has 156 valence electrons. The van der Waals surface area contributed by atoms with Crippen LogP contribution in [0.3, 0.4) is 0 Å². The van der Waals surface area contributed by atoms with Crippen LogP contribution in [0.1, 0.15) is 12.5 Å². The summed E-state index contributed by atoms with van der Waals surface area (Å²) in [6.07, 6.45) is 3.65. The van der Waals surface area contributed by atoms with Gasteiger partial charge in [-0.3, -0.25) is 9.78 Å². The first kappa shape index (κ1) is 20.2. The Morgan fingerprint density at radius 2 is 1.81 bits per heavy atom. The lowest BCUT2D eigenvalue weighted by molar-refractivity contribution is -0.142. The van der Waals surface area contributed by atoms with Crippen molar-refractivity contribution in [2.75, 3.05) is 17.2 Å². The molecule has 0 unspecified atom stereocenters. The number of aromatic amines is 1. The van der Waals surface area contributed by atoms with Gasteiger partial charge in [0.05, 0.1) is 24.4 Å². The normalized spacial score (nSPS) is 10.6. The Labute approximate surface area is 179 Å². The number of pyridine rings is 1. The fourth-order valence-electron chi connectivity index (χ4n) is 3.36. The van der Waals surface area contributed by atoms with Crippen LogP contribution in [0.2, 0.25) is 0 Å². The Morgan fingerprint density at radius 1 is 1.00 bits per heavy atom. The van der Waals surface area contributed by atoms with Gasteiger partial charge in [0, 0.05) is 34.5 Å². The summed E-state index contributed by atoms with van der Waals surface area (Å²) in [7, 11) is 0. The Hall–Kier alpha value is -4.13. The smallest absolute Gasteiger partial charge is 0.323 e. The number of carbonyl (C=O) groups excluding carboxylic acids is 2. The van der Waals surface area contributed by atoms with Gasteiger partial charge in [-0.2, -0.15) is 0 Å². The number of para-hydroxylation sites is 1. The number of carbonyl (C=O) groups is 2. The highest BCUT2D eigenvalue weighted by molar-refractivity contribution is 6.10. The summed E-state index contributed by atoms with van der Waals surface area (Å²) in [4.78, 5) is 31.9. The van der Waals surface area contributed by atoms with E-state index < -0.39 is 0 Å². The highest BCUT2D eigenvalue weighted by Crippen LogP contribution is 2.34. The number of hydrogen-bond acceptors (Lipinski definition) is 4. The number of benzene rings is 2. The van der Waals surface area contributed by atoms with Crippen molar-refractivity contribution < 1.29 is 14.3 Å². The summed E-state index contributed by atoms with van der Waals surface area (Å²) in [5, 5.41) is 6.70. The van der Waals surface area contributed by atoms with E-state index >= 15 is 0 Å². The fraction of sp³-hybridized carbons (Fsp3) is 0.125. The van der Waals surface area contributed by atoms with Crippen molar-refractivity contribution in [1.29, 1.82) is 0 Å². The summed E-state index contributed by atoms with van der Waals surface area (Å²) >= 11 is 0. The van der Waals surface area contributed by atoms with Gasteiger partial charge in [0.1, 0.15) is 0 Å². The molecule has 2 aromatic heterocycles. The van der Waals surface area contributed by atoms with E-state index in [1.807, 2.05) is 36.4 Å². The molecule has 4 rings (SSSR count). The number of rotatable bonds is 6. The van der Waals surface area contributed by atoms with Gasteiger partial charge in [0.25, 0.3) is 0 Å². The zero-order valence-electron chi connectivity index (χ0n) is 17.0. The molecule has 0 aliphatic rings. The lowest BCUT2D eigenvalue weighted by atomic mass is 10.1. The summed E-state index contributed by atoms with van der Waals surface area (Å²) in [5.74, 6) is -0.275. The third kappa shape index (κ3) is 4.72. The van der Waals surface area contributed by atoms with Gasteiger partial charge in [-0.25, -0.2) is 4.79 Å². The molecule has 0 fully saturated rings. The molecule has 2 heterocycles. The maximum absolute atomic E-state index is 12.7. The fourth-order valence-corrected chi connectivity index (χ4v) is 3.36. The first-order valence-electron chi connectivity index (χ1n) is 9.97. The van der Waals surface area contributed by atoms with Gasteiger partial charge in [-0.05, 0) is 42.8 Å². The Balaban J connectivity index is 1.52. The Bertz CT molecular complexity index is 1200. The molecular weight excluding hydrogens is 392 g/mol. The van der Waals surface area contributed by atoms with Crippen LogP contribution in [-0.2, 0) is 16.0 Å². The standard InChI is InChI=1S/C24H22N4O3/c1-2-31-21(29)14-16-9-11-18(12-10-16)26-24(30)28-23-19-7-3-4-8-20(19)27-22(23)17-6-5-13-25-15-17/h3-13,15,27H,2,14H2,1H3,(H2,26,28,30). The predicted molar refractivity (Wildman–Crippen MR) is 121 cm³/mol. The van der Waals surface area contributed by atoms with Gasteiger partial charge in [-0.1, -0.05) is 30.3 Å². The Kier molecular flexibility index (Phi) is 5.93. The number of amides is 2. The number of urea groups is 1. The summed E-state index contributed by atoms with van der Waals surface area (Å²) in [5.41, 5.74) is 4.69. The number of hydrogen-bond donors (Lipinski definition) is 3. The van der Waals surface area contributed by atoms with Crippen molar-refractivity contribution in [3.05, 3.63) is 78.6 Å². The topological polar surface area (TPSA) is 96.1 Å². The van der Waals surface area contributed by atoms with Gasteiger partial charge in [-0.15, -0.1) is 0 Å². The van der Waals surface area contributed by atoms with Crippen LogP contribution in [0.15, 0.2) is 73.1 Å². The third-order valence-corrected chi connectivity index (χ3v) is 4.76. The second-order valence-electron chi connectivity index (χ2n) is 6.92. The zero-order chi connectivity index (χ0) is 21.6. The number of nitrogens with one attached hydrogen (secondary N) is 3. The van der Waals surface area contributed by atoms with Crippen LogP contribution in [0, 0.1) is 0 Å². The van der Waals surface area contributed by atoms with Crippen molar-refractivity contribution in [3.8, 4) is 11.3 Å². The monoisotopic (exact) mass is 414 g/mol. The highest BCUT2D eigenvalue weighted by Gasteiger charge is 2.15. The molecule has 3 N–H and O–H groups in total. The maximum atomic E-state index is 12.7. The number of ether oxygens (including phenoxy) is 1. The summed E-state index contributed by atoms with van der Waals surface area (Å²) in [6, 6.07) is 18.3.